The number of hydrogen-bond donors (Lipinski definition) is 2. The molecule has 0 aliphatic carbocycles. The molecular weight excluding hydrogens is 422 g/mol. The predicted molar refractivity (Wildman–Crippen MR) is 125 cm³/mol. The Morgan fingerprint density at radius 1 is 1.30 bits per heavy atom. The smallest absolute Gasteiger partial charge is 0.345 e. The van der Waals surface area contributed by atoms with E-state index in [1.807, 2.05) is 32.0 Å². The van der Waals surface area contributed by atoms with Crippen LogP contribution in [0.1, 0.15) is 52.9 Å². The van der Waals surface area contributed by atoms with E-state index in [2.05, 4.69) is 14.9 Å². The molecule has 0 spiro atoms. The Morgan fingerprint density at radius 2 is 2.06 bits per heavy atom. The summed E-state index contributed by atoms with van der Waals surface area (Å²) in [5, 5.41) is 10.1. The molecule has 0 saturated carbocycles. The number of benzene rings is 2. The molecule has 3 aromatic rings. The van der Waals surface area contributed by atoms with Crippen LogP contribution in [0.5, 0.6) is 5.75 Å². The van der Waals surface area contributed by atoms with Crippen LogP contribution >= 0.6 is 0 Å². The molecule has 2 atom stereocenters. The van der Waals surface area contributed by atoms with Crippen LogP contribution in [0.15, 0.2) is 41.3 Å². The Kier molecular flexibility index (Phi) is 6.76. The van der Waals surface area contributed by atoms with Crippen LogP contribution in [0.4, 0.5) is 0 Å². The van der Waals surface area contributed by atoms with Gasteiger partial charge < -0.3 is 19.6 Å². The minimum atomic E-state index is -0.938. The minimum Gasteiger partial charge on any atom is -0.496 e. The van der Waals surface area contributed by atoms with Gasteiger partial charge in [-0.05, 0) is 56.0 Å². The van der Waals surface area contributed by atoms with Crippen molar-refractivity contribution >= 4 is 16.9 Å². The summed E-state index contributed by atoms with van der Waals surface area (Å²) in [6, 6.07) is 9.07. The third-order valence-electron chi connectivity index (χ3n) is 6.37. The van der Waals surface area contributed by atoms with Gasteiger partial charge in [0.1, 0.15) is 5.75 Å². The zero-order valence-electron chi connectivity index (χ0n) is 19.1. The van der Waals surface area contributed by atoms with E-state index in [4.69, 9.17) is 9.47 Å². The van der Waals surface area contributed by atoms with Crippen LogP contribution in [0.25, 0.3) is 10.9 Å². The van der Waals surface area contributed by atoms with E-state index in [-0.39, 0.29) is 23.4 Å². The van der Waals surface area contributed by atoms with E-state index in [1.165, 1.54) is 0 Å². The van der Waals surface area contributed by atoms with E-state index in [1.54, 1.807) is 25.4 Å². The standard InChI is InChI=1S/C25H29N3O5/c1-4-33-18-9-10-28(21(12-18)16-5-7-17(8-6-16)24(29)30)14-20-19-13-26-25(31)27-23(19)15(2)11-22(20)32-3/h5-8,11,13,18,21H,4,9-10,12,14H2,1-3H3,(H,29,30)(H,26,27,31)/t18-,21-/m0/s1. The molecular formula is C25H29N3O5. The molecule has 0 amide bonds. The average Bonchev–Trinajstić information content (AvgIpc) is 2.81. The normalized spacial score (nSPS) is 19.0. The molecule has 0 unspecified atom stereocenters. The van der Waals surface area contributed by atoms with Gasteiger partial charge in [-0.15, -0.1) is 0 Å². The van der Waals surface area contributed by atoms with Crippen molar-refractivity contribution in [3.8, 4) is 5.75 Å². The van der Waals surface area contributed by atoms with Crippen molar-refractivity contribution in [3.05, 3.63) is 69.3 Å². The Hall–Kier alpha value is -3.23. The van der Waals surface area contributed by atoms with Gasteiger partial charge in [0.25, 0.3) is 0 Å². The number of rotatable bonds is 7. The molecule has 1 aliphatic heterocycles. The molecule has 1 saturated heterocycles. The van der Waals surface area contributed by atoms with Gasteiger partial charge in [0.2, 0.25) is 0 Å². The molecule has 1 aromatic heterocycles. The van der Waals surface area contributed by atoms with Crippen LogP contribution in [0.2, 0.25) is 0 Å². The lowest BCUT2D eigenvalue weighted by atomic mass is 9.91. The topological polar surface area (TPSA) is 105 Å². The van der Waals surface area contributed by atoms with Crippen LogP contribution in [0, 0.1) is 6.92 Å². The molecule has 1 fully saturated rings. The number of ether oxygens (including phenoxy) is 2. The lowest BCUT2D eigenvalue weighted by molar-refractivity contribution is -0.0138. The van der Waals surface area contributed by atoms with Gasteiger partial charge in [-0.3, -0.25) is 4.90 Å². The first-order valence-corrected chi connectivity index (χ1v) is 11.2. The summed E-state index contributed by atoms with van der Waals surface area (Å²) in [6.45, 7) is 6.00. The molecule has 0 radical (unpaired) electrons. The second-order valence-corrected chi connectivity index (χ2v) is 8.37. The van der Waals surface area contributed by atoms with Gasteiger partial charge >= 0.3 is 11.7 Å². The number of carboxylic acids is 1. The molecule has 8 nitrogen and oxygen atoms in total. The van der Waals surface area contributed by atoms with E-state index >= 15 is 0 Å². The molecule has 4 rings (SSSR count). The first kappa shape index (κ1) is 22.9. The first-order chi connectivity index (χ1) is 15.9. The van der Waals surface area contributed by atoms with Crippen LogP contribution in [-0.4, -0.2) is 52.3 Å². The Labute approximate surface area is 192 Å². The van der Waals surface area contributed by atoms with Crippen LogP contribution in [-0.2, 0) is 11.3 Å². The monoisotopic (exact) mass is 451 g/mol. The summed E-state index contributed by atoms with van der Waals surface area (Å²) in [6.07, 6.45) is 3.47. The van der Waals surface area contributed by atoms with Crippen molar-refractivity contribution in [2.24, 2.45) is 0 Å². The van der Waals surface area contributed by atoms with Crippen LogP contribution in [0.3, 0.4) is 0 Å². The van der Waals surface area contributed by atoms with Crippen molar-refractivity contribution in [3.63, 3.8) is 0 Å². The summed E-state index contributed by atoms with van der Waals surface area (Å²) in [5.74, 6) is -0.188. The summed E-state index contributed by atoms with van der Waals surface area (Å²) in [4.78, 5) is 32.3. The number of methoxy groups -OCH3 is 1. The highest BCUT2D eigenvalue weighted by Gasteiger charge is 2.31. The number of carbonyl (C=O) groups is 1. The van der Waals surface area contributed by atoms with Crippen molar-refractivity contribution in [1.29, 1.82) is 0 Å². The number of H-pyrrole nitrogens is 1. The third-order valence-corrected chi connectivity index (χ3v) is 6.37. The zero-order valence-corrected chi connectivity index (χ0v) is 19.1. The second kappa shape index (κ2) is 9.72. The molecule has 0 bridgehead atoms. The largest absolute Gasteiger partial charge is 0.496 e. The van der Waals surface area contributed by atoms with Gasteiger partial charge in [0.15, 0.2) is 0 Å². The lowest BCUT2D eigenvalue weighted by Gasteiger charge is -2.40. The number of carboxylic acid groups (broad SMARTS) is 1. The lowest BCUT2D eigenvalue weighted by Crippen LogP contribution is -2.39. The number of nitrogens with zero attached hydrogens (tertiary/aromatic N) is 2. The number of piperidine rings is 1. The van der Waals surface area contributed by atoms with Crippen molar-refractivity contribution in [2.75, 3.05) is 20.3 Å². The summed E-state index contributed by atoms with van der Waals surface area (Å²) >= 11 is 0. The van der Waals surface area contributed by atoms with Gasteiger partial charge in [-0.1, -0.05) is 12.1 Å². The molecule has 33 heavy (non-hydrogen) atoms. The highest BCUT2D eigenvalue weighted by molar-refractivity contribution is 5.87. The maximum atomic E-state index is 11.8. The van der Waals surface area contributed by atoms with Crippen LogP contribution < -0.4 is 10.4 Å². The maximum Gasteiger partial charge on any atom is 0.345 e. The summed E-state index contributed by atoms with van der Waals surface area (Å²) in [7, 11) is 1.65. The Bertz CT molecular complexity index is 1210. The molecule has 2 N–H and O–H groups in total. The van der Waals surface area contributed by atoms with E-state index < -0.39 is 5.97 Å². The second-order valence-electron chi connectivity index (χ2n) is 8.37. The Balaban J connectivity index is 1.73. The fourth-order valence-corrected chi connectivity index (χ4v) is 4.72. The highest BCUT2D eigenvalue weighted by atomic mass is 16.5. The number of aromatic carboxylic acids is 1. The quantitative estimate of drug-likeness (QED) is 0.565. The van der Waals surface area contributed by atoms with Crippen molar-refractivity contribution in [2.45, 2.75) is 45.4 Å². The molecule has 2 heterocycles. The number of aryl methyl sites for hydroxylation is 1. The number of likely N-dealkylation sites (tertiary alicyclic amines) is 1. The number of fused-ring (bicyclic) bond motifs is 1. The molecule has 1 aliphatic rings. The van der Waals surface area contributed by atoms with Crippen molar-refractivity contribution in [1.82, 2.24) is 14.9 Å². The van der Waals surface area contributed by atoms with Gasteiger partial charge in [0.05, 0.1) is 24.3 Å². The fraction of sp³-hybridized carbons (Fsp3) is 0.400. The average molecular weight is 452 g/mol. The number of aromatic amines is 1. The zero-order chi connectivity index (χ0) is 23.5. The summed E-state index contributed by atoms with van der Waals surface area (Å²) in [5.41, 5.74) is 3.58. The third kappa shape index (κ3) is 4.77. The Morgan fingerprint density at radius 3 is 2.73 bits per heavy atom. The van der Waals surface area contributed by atoms with E-state index in [9.17, 15) is 14.7 Å². The number of aromatic nitrogens is 2. The minimum absolute atomic E-state index is 0.0509. The molecule has 2 aromatic carbocycles. The molecule has 174 valence electrons. The fourth-order valence-electron chi connectivity index (χ4n) is 4.72. The number of hydrogen-bond acceptors (Lipinski definition) is 6. The van der Waals surface area contributed by atoms with Crippen molar-refractivity contribution < 1.29 is 19.4 Å². The maximum absolute atomic E-state index is 11.8. The van der Waals surface area contributed by atoms with Gasteiger partial charge in [-0.2, -0.15) is 0 Å². The van der Waals surface area contributed by atoms with Gasteiger partial charge in [0, 0.05) is 42.9 Å². The molecule has 8 heteroatoms. The predicted octanol–water partition coefficient (Wildman–Crippen LogP) is 3.68. The van der Waals surface area contributed by atoms with E-state index in [0.717, 1.165) is 52.7 Å². The summed E-state index contributed by atoms with van der Waals surface area (Å²) < 4.78 is 11.7. The number of nitrogens with one attached hydrogen (secondary N) is 1. The first-order valence-electron chi connectivity index (χ1n) is 11.2. The van der Waals surface area contributed by atoms with E-state index in [0.29, 0.717) is 13.2 Å². The van der Waals surface area contributed by atoms with Gasteiger partial charge in [-0.25, -0.2) is 14.6 Å². The SMILES string of the molecule is CCO[C@H]1CCN(Cc2c(OC)cc(C)c3[nH]c(=O)ncc23)[C@H](c2ccc(C(=O)O)cc2)C1. The highest BCUT2D eigenvalue weighted by Crippen LogP contribution is 2.37.